The second-order valence-corrected chi connectivity index (χ2v) is 4.70. The van der Waals surface area contributed by atoms with Gasteiger partial charge in [-0.05, 0) is 51.1 Å². The first-order valence-corrected chi connectivity index (χ1v) is 6.60. The van der Waals surface area contributed by atoms with E-state index in [0.29, 0.717) is 6.54 Å². The third-order valence-electron chi connectivity index (χ3n) is 3.51. The second kappa shape index (κ2) is 6.10. The van der Waals surface area contributed by atoms with Crippen LogP contribution < -0.4 is 5.32 Å². The van der Waals surface area contributed by atoms with Crippen LogP contribution in [0.5, 0.6) is 0 Å². The number of nitrogens with one attached hydrogen (secondary N) is 1. The lowest BCUT2D eigenvalue weighted by molar-refractivity contribution is 0.0651. The predicted molar refractivity (Wildman–Crippen MR) is 69.0 cm³/mol. The van der Waals surface area contributed by atoms with Gasteiger partial charge >= 0.3 is 0 Å². The van der Waals surface area contributed by atoms with Crippen LogP contribution in [-0.4, -0.2) is 36.5 Å². The molecule has 0 atom stereocenters. The lowest BCUT2D eigenvalue weighted by Gasteiger charge is -2.34. The van der Waals surface area contributed by atoms with Gasteiger partial charge in [-0.1, -0.05) is 0 Å². The summed E-state index contributed by atoms with van der Waals surface area (Å²) in [5.41, 5.74) is -0.180. The number of nitrogens with zero attached hydrogens (tertiary/aromatic N) is 1. The minimum absolute atomic E-state index is 0.0985. The molecule has 1 aliphatic heterocycles. The quantitative estimate of drug-likeness (QED) is 0.911. The minimum atomic E-state index is -0.668. The molecule has 0 unspecified atom stereocenters. The van der Waals surface area contributed by atoms with E-state index in [0.717, 1.165) is 44.1 Å². The van der Waals surface area contributed by atoms with E-state index >= 15 is 0 Å². The smallest absolute Gasteiger partial charge is 0.257 e. The van der Waals surface area contributed by atoms with Crippen molar-refractivity contribution < 1.29 is 13.6 Å². The minimum Gasteiger partial charge on any atom is -0.336 e. The van der Waals surface area contributed by atoms with Gasteiger partial charge in [0.15, 0.2) is 0 Å². The fourth-order valence-corrected chi connectivity index (χ4v) is 2.50. The van der Waals surface area contributed by atoms with Crippen LogP contribution in [0.2, 0.25) is 0 Å². The van der Waals surface area contributed by atoms with Crippen LogP contribution >= 0.6 is 0 Å². The molecule has 0 spiro atoms. The van der Waals surface area contributed by atoms with E-state index in [2.05, 4.69) is 5.32 Å². The maximum Gasteiger partial charge on any atom is 0.257 e. The number of piperidine rings is 1. The topological polar surface area (TPSA) is 32.3 Å². The van der Waals surface area contributed by atoms with Crippen molar-refractivity contribution in [1.82, 2.24) is 10.2 Å². The largest absolute Gasteiger partial charge is 0.336 e. The van der Waals surface area contributed by atoms with E-state index in [9.17, 15) is 13.6 Å². The zero-order valence-electron chi connectivity index (χ0n) is 11.0. The molecule has 104 valence electrons. The fraction of sp³-hybridized carbons (Fsp3) is 0.500. The van der Waals surface area contributed by atoms with Crippen LogP contribution in [0.25, 0.3) is 0 Å². The highest BCUT2D eigenvalue weighted by molar-refractivity contribution is 5.94. The van der Waals surface area contributed by atoms with Gasteiger partial charge in [-0.15, -0.1) is 0 Å². The number of halogens is 2. The molecule has 1 N–H and O–H groups in total. The molecule has 0 bridgehead atoms. The molecule has 5 heteroatoms. The Morgan fingerprint density at radius 3 is 2.68 bits per heavy atom. The maximum absolute atomic E-state index is 13.7. The summed E-state index contributed by atoms with van der Waals surface area (Å²) >= 11 is 0. The molecule has 1 fully saturated rings. The number of rotatable bonds is 3. The number of carbonyl (C=O) groups is 1. The van der Waals surface area contributed by atoms with Crippen molar-refractivity contribution in [3.63, 3.8) is 0 Å². The van der Waals surface area contributed by atoms with E-state index in [-0.39, 0.29) is 11.6 Å². The molecule has 0 saturated carbocycles. The number of amides is 1. The highest BCUT2D eigenvalue weighted by atomic mass is 19.1. The van der Waals surface area contributed by atoms with Crippen LogP contribution in [0.4, 0.5) is 8.78 Å². The Bertz CT molecular complexity index is 459. The summed E-state index contributed by atoms with van der Waals surface area (Å²) in [5, 5.41) is 3.22. The van der Waals surface area contributed by atoms with Gasteiger partial charge in [0, 0.05) is 12.6 Å². The second-order valence-electron chi connectivity index (χ2n) is 4.70. The molecule has 1 heterocycles. The SMILES string of the molecule is CCN(C(=O)c1cc(F)ccc1F)C1CCNCC1. The molecule has 1 aromatic rings. The van der Waals surface area contributed by atoms with Crippen LogP contribution in [0, 0.1) is 11.6 Å². The van der Waals surface area contributed by atoms with Gasteiger partial charge in [0.1, 0.15) is 11.6 Å². The predicted octanol–water partition coefficient (Wildman–Crippen LogP) is 2.18. The third kappa shape index (κ3) is 3.10. The normalized spacial score (nSPS) is 16.4. The lowest BCUT2D eigenvalue weighted by atomic mass is 10.0. The van der Waals surface area contributed by atoms with Crippen LogP contribution in [0.3, 0.4) is 0 Å². The van der Waals surface area contributed by atoms with E-state index in [1.807, 2.05) is 6.92 Å². The number of hydrogen-bond acceptors (Lipinski definition) is 2. The monoisotopic (exact) mass is 268 g/mol. The molecule has 1 aromatic carbocycles. The van der Waals surface area contributed by atoms with Crippen molar-refractivity contribution >= 4 is 5.91 Å². The summed E-state index contributed by atoms with van der Waals surface area (Å²) in [7, 11) is 0. The molecular weight excluding hydrogens is 250 g/mol. The van der Waals surface area contributed by atoms with Gasteiger partial charge in [-0.25, -0.2) is 8.78 Å². The highest BCUT2D eigenvalue weighted by Gasteiger charge is 2.26. The first-order valence-electron chi connectivity index (χ1n) is 6.60. The van der Waals surface area contributed by atoms with Gasteiger partial charge in [0.05, 0.1) is 5.56 Å². The Labute approximate surface area is 111 Å². The summed E-state index contributed by atoms with van der Waals surface area (Å²) in [5.74, 6) is -1.68. The first-order chi connectivity index (χ1) is 9.13. The van der Waals surface area contributed by atoms with Crippen LogP contribution in [0.1, 0.15) is 30.1 Å². The molecular formula is C14H18F2N2O. The number of hydrogen-bond donors (Lipinski definition) is 1. The molecule has 1 aliphatic rings. The van der Waals surface area contributed by atoms with Crippen LogP contribution in [-0.2, 0) is 0 Å². The van der Waals surface area contributed by atoms with Gasteiger partial charge < -0.3 is 10.2 Å². The summed E-state index contributed by atoms with van der Waals surface area (Å²) in [6, 6.07) is 3.09. The zero-order valence-corrected chi connectivity index (χ0v) is 11.0. The Morgan fingerprint density at radius 1 is 1.37 bits per heavy atom. The Hall–Kier alpha value is -1.49. The van der Waals surface area contributed by atoms with Gasteiger partial charge in [-0.2, -0.15) is 0 Å². The molecule has 0 radical (unpaired) electrons. The first kappa shape index (κ1) is 13.9. The molecule has 1 amide bonds. The molecule has 0 aromatic heterocycles. The lowest BCUT2D eigenvalue weighted by Crippen LogP contribution is -2.46. The van der Waals surface area contributed by atoms with E-state index in [4.69, 9.17) is 0 Å². The van der Waals surface area contributed by atoms with Crippen molar-refractivity contribution in [1.29, 1.82) is 0 Å². The van der Waals surface area contributed by atoms with Crippen molar-refractivity contribution in [2.45, 2.75) is 25.8 Å². The fourth-order valence-electron chi connectivity index (χ4n) is 2.50. The Kier molecular flexibility index (Phi) is 4.47. The summed E-state index contributed by atoms with van der Waals surface area (Å²) in [6.07, 6.45) is 1.69. The molecule has 19 heavy (non-hydrogen) atoms. The molecule has 0 aliphatic carbocycles. The van der Waals surface area contributed by atoms with Crippen molar-refractivity contribution in [3.8, 4) is 0 Å². The van der Waals surface area contributed by atoms with Gasteiger partial charge in [0.25, 0.3) is 5.91 Å². The number of carbonyl (C=O) groups excluding carboxylic acids is 1. The maximum atomic E-state index is 13.7. The van der Waals surface area contributed by atoms with Crippen LogP contribution in [0.15, 0.2) is 18.2 Å². The van der Waals surface area contributed by atoms with E-state index in [1.54, 1.807) is 4.90 Å². The third-order valence-corrected chi connectivity index (χ3v) is 3.51. The highest BCUT2D eigenvalue weighted by Crippen LogP contribution is 2.18. The van der Waals surface area contributed by atoms with Crippen molar-refractivity contribution in [2.24, 2.45) is 0 Å². The van der Waals surface area contributed by atoms with Gasteiger partial charge in [0.2, 0.25) is 0 Å². The standard InChI is InChI=1S/C14H18F2N2O/c1-2-18(11-5-7-17-8-6-11)14(19)12-9-10(15)3-4-13(12)16/h3-4,9,11,17H,2,5-8H2,1H3. The van der Waals surface area contributed by atoms with E-state index < -0.39 is 17.5 Å². The molecule has 1 saturated heterocycles. The van der Waals surface area contributed by atoms with Crippen molar-refractivity contribution in [2.75, 3.05) is 19.6 Å². The van der Waals surface area contributed by atoms with E-state index in [1.165, 1.54) is 0 Å². The van der Waals surface area contributed by atoms with Crippen molar-refractivity contribution in [3.05, 3.63) is 35.4 Å². The zero-order chi connectivity index (χ0) is 13.8. The Morgan fingerprint density at radius 2 is 2.05 bits per heavy atom. The number of benzene rings is 1. The molecule has 2 rings (SSSR count). The summed E-state index contributed by atoms with van der Waals surface area (Å²) in [6.45, 7) is 4.05. The average Bonchev–Trinajstić information content (AvgIpc) is 2.43. The summed E-state index contributed by atoms with van der Waals surface area (Å²) < 4.78 is 26.8. The molecule has 3 nitrogen and oxygen atoms in total. The summed E-state index contributed by atoms with van der Waals surface area (Å²) in [4.78, 5) is 14.0. The van der Waals surface area contributed by atoms with Gasteiger partial charge in [-0.3, -0.25) is 4.79 Å². The Balaban J connectivity index is 2.22. The average molecular weight is 268 g/mol.